The summed E-state index contributed by atoms with van der Waals surface area (Å²) in [6, 6.07) is 8.32. The van der Waals surface area contributed by atoms with E-state index >= 15 is 0 Å². The van der Waals surface area contributed by atoms with Crippen molar-refractivity contribution in [3.63, 3.8) is 0 Å². The number of nitrogen functional groups attached to an aromatic ring is 1. The quantitative estimate of drug-likeness (QED) is 0.486. The third-order valence-corrected chi connectivity index (χ3v) is 3.29. The second-order valence-corrected chi connectivity index (χ2v) is 4.87. The van der Waals surface area contributed by atoms with Crippen LogP contribution < -0.4 is 25.6 Å². The maximum atomic E-state index is 11.5. The Morgan fingerprint density at radius 2 is 1.72 bits per heavy atom. The first-order valence-electron chi connectivity index (χ1n) is 6.96. The maximum Gasteiger partial charge on any atom is 0.216 e. The number of carbonyl (C=O) groups excluding carboxylic acids is 1. The molecule has 2 aromatic rings. The summed E-state index contributed by atoms with van der Waals surface area (Å²) in [4.78, 5) is 15.6. The van der Waals surface area contributed by atoms with E-state index in [0.29, 0.717) is 16.8 Å². The van der Waals surface area contributed by atoms with Crippen molar-refractivity contribution < 1.29 is 19.4 Å². The lowest BCUT2D eigenvalue weighted by molar-refractivity contribution is -0.307. The molecule has 0 radical (unpaired) electrons. The molecule has 0 bridgehead atoms. The number of methoxy groups -OCH3 is 2. The number of nitrogens with zero attached hydrogens (tertiary/aromatic N) is 1. The summed E-state index contributed by atoms with van der Waals surface area (Å²) in [5.74, 6) is -0.934. The zero-order valence-electron chi connectivity index (χ0n) is 13.6. The second kappa shape index (κ2) is 8.74. The molecule has 0 fully saturated rings. The van der Waals surface area contributed by atoms with Crippen LogP contribution in [0.5, 0.6) is 11.8 Å². The number of nitrogens with one attached hydrogen (secondary N) is 2. The molecule has 0 aliphatic carbocycles. The summed E-state index contributed by atoms with van der Waals surface area (Å²) in [7, 11) is 2.85. The van der Waals surface area contributed by atoms with Gasteiger partial charge in [-0.1, -0.05) is 0 Å². The van der Waals surface area contributed by atoms with E-state index in [1.807, 2.05) is 0 Å². The van der Waals surface area contributed by atoms with Gasteiger partial charge < -0.3 is 30.4 Å². The molecule has 0 saturated heterocycles. The number of hydrogen-bond donors (Lipinski definition) is 3. The van der Waals surface area contributed by atoms with Crippen LogP contribution >= 0.6 is 12.4 Å². The topological polar surface area (TPSA) is 133 Å². The highest BCUT2D eigenvalue weighted by molar-refractivity contribution is 5.95. The molecule has 0 spiro atoms. The smallest absolute Gasteiger partial charge is 0.216 e. The fourth-order valence-corrected chi connectivity index (χ4v) is 2.07. The van der Waals surface area contributed by atoms with Crippen molar-refractivity contribution >= 4 is 29.9 Å². The number of pyridine rings is 1. The Hall–Kier alpha value is -3.00. The molecule has 0 amide bonds. The number of benzene rings is 1. The molecule has 1 atom stereocenters. The number of amidine groups is 1. The highest BCUT2D eigenvalue weighted by Crippen LogP contribution is 2.25. The molecule has 1 unspecified atom stereocenters. The van der Waals surface area contributed by atoms with Gasteiger partial charge in [0.05, 0.1) is 26.2 Å². The average Bonchev–Trinajstić information content (AvgIpc) is 2.59. The van der Waals surface area contributed by atoms with Gasteiger partial charge in [-0.05, 0) is 29.8 Å². The van der Waals surface area contributed by atoms with E-state index in [-0.39, 0.29) is 30.0 Å². The minimum absolute atomic E-state index is 0. The van der Waals surface area contributed by atoms with Gasteiger partial charge in [0.25, 0.3) is 0 Å². The number of hydrogen-bond acceptors (Lipinski definition) is 7. The van der Waals surface area contributed by atoms with Crippen molar-refractivity contribution in [1.82, 2.24) is 4.98 Å². The highest BCUT2D eigenvalue weighted by atomic mass is 35.5. The van der Waals surface area contributed by atoms with Crippen molar-refractivity contribution in [3.05, 3.63) is 47.5 Å². The Labute approximate surface area is 150 Å². The Balaban J connectivity index is 0.00000312. The van der Waals surface area contributed by atoms with Gasteiger partial charge in [-0.15, -0.1) is 12.4 Å². The molecule has 4 N–H and O–H groups in total. The zero-order chi connectivity index (χ0) is 17.7. The van der Waals surface area contributed by atoms with Crippen LogP contribution in [0.4, 0.5) is 5.69 Å². The van der Waals surface area contributed by atoms with Gasteiger partial charge in [0.2, 0.25) is 11.8 Å². The molecule has 0 saturated carbocycles. The number of carboxylic acid groups (broad SMARTS) is 1. The number of carbonyl (C=O) groups is 1. The zero-order valence-corrected chi connectivity index (χ0v) is 14.4. The number of nitrogens with two attached hydrogens (primary N) is 1. The minimum Gasteiger partial charge on any atom is -0.548 e. The van der Waals surface area contributed by atoms with Crippen LogP contribution in [0.1, 0.15) is 17.2 Å². The molecule has 0 aliphatic heterocycles. The molecular weight excluding hydrogens is 348 g/mol. The third-order valence-electron chi connectivity index (χ3n) is 3.29. The van der Waals surface area contributed by atoms with E-state index in [2.05, 4.69) is 10.3 Å². The predicted molar refractivity (Wildman–Crippen MR) is 93.4 cm³/mol. The summed E-state index contributed by atoms with van der Waals surface area (Å²) < 4.78 is 10.1. The van der Waals surface area contributed by atoms with E-state index < -0.39 is 12.0 Å². The molecule has 134 valence electrons. The standard InChI is InChI=1S/C16H18N4O4.ClH/c1-23-12-7-10(8-13(20-12)24-2)14(16(21)22)19-11-5-3-9(4-6-11)15(17)18;/h3-8,14,19H,1-2H3,(H3,17,18)(H,21,22);1H/p-1. The highest BCUT2D eigenvalue weighted by Gasteiger charge is 2.16. The summed E-state index contributed by atoms with van der Waals surface area (Å²) in [6.45, 7) is 0. The minimum atomic E-state index is -1.32. The van der Waals surface area contributed by atoms with Crippen molar-refractivity contribution in [2.75, 3.05) is 19.5 Å². The van der Waals surface area contributed by atoms with Crippen molar-refractivity contribution in [2.45, 2.75) is 6.04 Å². The van der Waals surface area contributed by atoms with E-state index in [9.17, 15) is 9.90 Å². The SMILES string of the molecule is COc1cc(C(Nc2ccc(C(=N)N)cc2)C(=O)[O-])cc(OC)n1.Cl. The van der Waals surface area contributed by atoms with Crippen LogP contribution in [0.15, 0.2) is 36.4 Å². The molecule has 0 aliphatic rings. The van der Waals surface area contributed by atoms with Gasteiger partial charge >= 0.3 is 0 Å². The molecule has 8 nitrogen and oxygen atoms in total. The van der Waals surface area contributed by atoms with Crippen molar-refractivity contribution in [3.8, 4) is 11.8 Å². The number of aliphatic carboxylic acids is 1. The summed E-state index contributed by atoms with van der Waals surface area (Å²) in [6.07, 6.45) is 0. The molecule has 25 heavy (non-hydrogen) atoms. The lowest BCUT2D eigenvalue weighted by Crippen LogP contribution is -2.34. The Bertz CT molecular complexity index is 730. The lowest BCUT2D eigenvalue weighted by Gasteiger charge is -2.22. The lowest BCUT2D eigenvalue weighted by atomic mass is 10.1. The van der Waals surface area contributed by atoms with Gasteiger partial charge in [0.15, 0.2) is 0 Å². The van der Waals surface area contributed by atoms with Gasteiger partial charge in [-0.2, -0.15) is 4.98 Å². The normalized spacial score (nSPS) is 11.0. The van der Waals surface area contributed by atoms with E-state index in [0.717, 1.165) is 0 Å². The number of halogens is 1. The van der Waals surface area contributed by atoms with E-state index in [1.165, 1.54) is 26.4 Å². The fourth-order valence-electron chi connectivity index (χ4n) is 2.07. The Kier molecular flexibility index (Phi) is 7.01. The number of anilines is 1. The number of aromatic nitrogens is 1. The molecular formula is C16H18ClN4O4-. The number of ether oxygens (including phenoxy) is 2. The van der Waals surface area contributed by atoms with Crippen LogP contribution in [-0.4, -0.2) is 31.0 Å². The fraction of sp³-hybridized carbons (Fsp3) is 0.188. The monoisotopic (exact) mass is 365 g/mol. The predicted octanol–water partition coefficient (Wildman–Crippen LogP) is 0.708. The van der Waals surface area contributed by atoms with Crippen LogP contribution in [-0.2, 0) is 4.79 Å². The molecule has 1 aromatic carbocycles. The third kappa shape index (κ3) is 4.98. The van der Waals surface area contributed by atoms with Gasteiger partial charge in [0.1, 0.15) is 5.84 Å². The molecule has 1 heterocycles. The Morgan fingerprint density at radius 1 is 1.20 bits per heavy atom. The molecule has 9 heteroatoms. The van der Waals surface area contributed by atoms with Crippen LogP contribution in [0.3, 0.4) is 0 Å². The van der Waals surface area contributed by atoms with Crippen LogP contribution in [0, 0.1) is 5.41 Å². The Morgan fingerprint density at radius 3 is 2.12 bits per heavy atom. The van der Waals surface area contributed by atoms with Gasteiger partial charge in [0, 0.05) is 23.4 Å². The summed E-state index contributed by atoms with van der Waals surface area (Å²) >= 11 is 0. The number of carboxylic acids is 1. The first kappa shape index (κ1) is 20.0. The molecule has 2 rings (SSSR count). The number of rotatable bonds is 7. The first-order chi connectivity index (χ1) is 11.4. The first-order valence-corrected chi connectivity index (χ1v) is 6.96. The summed E-state index contributed by atoms with van der Waals surface area (Å²) in [5.41, 5.74) is 6.83. The second-order valence-electron chi connectivity index (χ2n) is 4.87. The van der Waals surface area contributed by atoms with E-state index in [1.54, 1.807) is 24.3 Å². The van der Waals surface area contributed by atoms with Crippen molar-refractivity contribution in [2.24, 2.45) is 5.73 Å². The molecule has 1 aromatic heterocycles. The average molecular weight is 366 g/mol. The van der Waals surface area contributed by atoms with Gasteiger partial charge in [-0.3, -0.25) is 5.41 Å². The van der Waals surface area contributed by atoms with Crippen LogP contribution in [0.2, 0.25) is 0 Å². The van der Waals surface area contributed by atoms with Crippen LogP contribution in [0.25, 0.3) is 0 Å². The van der Waals surface area contributed by atoms with Gasteiger partial charge in [-0.25, -0.2) is 0 Å². The summed E-state index contributed by atoms with van der Waals surface area (Å²) in [5, 5.41) is 21.8. The maximum absolute atomic E-state index is 11.5. The largest absolute Gasteiger partial charge is 0.548 e. The van der Waals surface area contributed by atoms with Crippen molar-refractivity contribution in [1.29, 1.82) is 5.41 Å². The van der Waals surface area contributed by atoms with E-state index in [4.69, 9.17) is 20.6 Å².